The summed E-state index contributed by atoms with van der Waals surface area (Å²) in [6.07, 6.45) is 1.00. The third kappa shape index (κ3) is 4.33. The van der Waals surface area contributed by atoms with Gasteiger partial charge in [-0.15, -0.1) is 0 Å². The molecule has 0 saturated heterocycles. The Morgan fingerprint density at radius 3 is 2.26 bits per heavy atom. The topological polar surface area (TPSA) is 80.5 Å². The molecule has 2 N–H and O–H groups in total. The smallest absolute Gasteiger partial charge is 0.253 e. The van der Waals surface area contributed by atoms with E-state index in [9.17, 15) is 13.2 Å². The Bertz CT molecular complexity index is 538. The summed E-state index contributed by atoms with van der Waals surface area (Å²) in [7, 11) is -1.98. The zero-order valence-electron chi connectivity index (χ0n) is 11.5. The number of primary sulfonamides is 1. The van der Waals surface area contributed by atoms with E-state index in [4.69, 9.17) is 5.14 Å². The first kappa shape index (κ1) is 15.7. The Hall–Kier alpha value is -1.40. The molecule has 0 radical (unpaired) electrons. The third-order valence-corrected chi connectivity index (χ3v) is 3.99. The molecule has 0 heterocycles. The molecular formula is C13H20N2O3S. The number of benzene rings is 1. The lowest BCUT2D eigenvalue weighted by molar-refractivity contribution is 0.0775. The van der Waals surface area contributed by atoms with Crippen LogP contribution in [0.25, 0.3) is 0 Å². The molecule has 1 aromatic rings. The van der Waals surface area contributed by atoms with Crippen LogP contribution >= 0.6 is 0 Å². The predicted molar refractivity (Wildman–Crippen MR) is 74.2 cm³/mol. The maximum absolute atomic E-state index is 12.1. The molecule has 106 valence electrons. The summed E-state index contributed by atoms with van der Waals surface area (Å²) in [4.78, 5) is 13.7. The molecule has 6 heteroatoms. The molecule has 0 aromatic heterocycles. The van der Waals surface area contributed by atoms with Crippen molar-refractivity contribution in [2.75, 3.05) is 13.6 Å². The molecule has 0 aliphatic heterocycles. The van der Waals surface area contributed by atoms with Crippen molar-refractivity contribution in [2.45, 2.75) is 25.2 Å². The van der Waals surface area contributed by atoms with Crippen LogP contribution < -0.4 is 5.14 Å². The molecule has 19 heavy (non-hydrogen) atoms. The number of amides is 1. The number of sulfonamides is 1. The summed E-state index contributed by atoms with van der Waals surface area (Å²) in [5, 5.41) is 5.00. The van der Waals surface area contributed by atoms with E-state index in [1.807, 2.05) is 0 Å². The van der Waals surface area contributed by atoms with Gasteiger partial charge in [0.2, 0.25) is 10.0 Å². The van der Waals surface area contributed by atoms with Crippen molar-refractivity contribution in [2.24, 2.45) is 11.1 Å². The molecular weight excluding hydrogens is 264 g/mol. The molecule has 0 spiro atoms. The number of nitrogens with zero attached hydrogens (tertiary/aromatic N) is 1. The van der Waals surface area contributed by atoms with Crippen molar-refractivity contribution in [3.05, 3.63) is 29.8 Å². The van der Waals surface area contributed by atoms with Gasteiger partial charge in [0.1, 0.15) is 0 Å². The van der Waals surface area contributed by atoms with Crippen LogP contribution in [-0.4, -0.2) is 32.8 Å². The van der Waals surface area contributed by atoms with Crippen LogP contribution in [0.3, 0.4) is 0 Å². The van der Waals surface area contributed by atoms with Crippen molar-refractivity contribution in [3.8, 4) is 0 Å². The van der Waals surface area contributed by atoms with Gasteiger partial charge in [-0.3, -0.25) is 4.79 Å². The summed E-state index contributed by atoms with van der Waals surface area (Å²) in [5.41, 5.74) is 0.457. The minimum atomic E-state index is -3.71. The third-order valence-electron chi connectivity index (χ3n) is 3.06. The van der Waals surface area contributed by atoms with E-state index >= 15 is 0 Å². The van der Waals surface area contributed by atoms with Gasteiger partial charge >= 0.3 is 0 Å². The fourth-order valence-electron chi connectivity index (χ4n) is 1.69. The molecule has 1 unspecified atom stereocenters. The Morgan fingerprint density at radius 2 is 1.84 bits per heavy atom. The summed E-state index contributed by atoms with van der Waals surface area (Å²) in [6, 6.07) is 5.66. The fraction of sp³-hybridized carbons (Fsp3) is 0.462. The minimum absolute atomic E-state index is 0.00799. The first-order valence-corrected chi connectivity index (χ1v) is 7.68. The molecule has 0 aliphatic carbocycles. The van der Waals surface area contributed by atoms with Gasteiger partial charge in [-0.1, -0.05) is 20.3 Å². The van der Waals surface area contributed by atoms with Crippen LogP contribution in [0.4, 0.5) is 0 Å². The Labute approximate surface area is 114 Å². The second-order valence-corrected chi connectivity index (χ2v) is 6.33. The lowest BCUT2D eigenvalue weighted by Gasteiger charge is -2.20. The first-order valence-electron chi connectivity index (χ1n) is 6.14. The number of nitrogens with two attached hydrogens (primary N) is 1. The van der Waals surface area contributed by atoms with Gasteiger partial charge in [-0.05, 0) is 30.2 Å². The van der Waals surface area contributed by atoms with Gasteiger partial charge in [0.05, 0.1) is 4.90 Å². The van der Waals surface area contributed by atoms with Crippen LogP contribution in [0.5, 0.6) is 0 Å². The zero-order valence-corrected chi connectivity index (χ0v) is 12.3. The summed E-state index contributed by atoms with van der Waals surface area (Å²) in [5.74, 6) is 0.305. The highest BCUT2D eigenvalue weighted by atomic mass is 32.2. The van der Waals surface area contributed by atoms with Crippen molar-refractivity contribution < 1.29 is 13.2 Å². The molecule has 1 amide bonds. The molecule has 1 rings (SSSR count). The van der Waals surface area contributed by atoms with Crippen LogP contribution in [0, 0.1) is 5.92 Å². The normalized spacial score (nSPS) is 13.1. The van der Waals surface area contributed by atoms with Gasteiger partial charge in [0.25, 0.3) is 5.91 Å². The van der Waals surface area contributed by atoms with E-state index in [2.05, 4.69) is 13.8 Å². The molecule has 0 saturated carbocycles. The standard InChI is InChI=1S/C13H20N2O3S/c1-4-10(2)9-15(3)13(16)11-5-7-12(8-6-11)19(14,17)18/h5-8,10H,4,9H2,1-3H3,(H2,14,17,18). The largest absolute Gasteiger partial charge is 0.341 e. The van der Waals surface area contributed by atoms with Crippen LogP contribution in [0.2, 0.25) is 0 Å². The number of rotatable bonds is 5. The summed E-state index contributed by atoms with van der Waals surface area (Å²) in [6.45, 7) is 4.82. The number of hydrogen-bond donors (Lipinski definition) is 1. The highest BCUT2D eigenvalue weighted by Crippen LogP contribution is 2.12. The molecule has 5 nitrogen and oxygen atoms in total. The Morgan fingerprint density at radius 1 is 1.32 bits per heavy atom. The highest BCUT2D eigenvalue weighted by Gasteiger charge is 2.15. The molecule has 0 aliphatic rings. The number of hydrogen-bond acceptors (Lipinski definition) is 3. The van der Waals surface area contributed by atoms with Gasteiger partial charge < -0.3 is 4.90 Å². The monoisotopic (exact) mass is 284 g/mol. The fourth-order valence-corrected chi connectivity index (χ4v) is 2.20. The van der Waals surface area contributed by atoms with Crippen LogP contribution in [0.15, 0.2) is 29.2 Å². The first-order chi connectivity index (χ1) is 8.75. The number of carbonyl (C=O) groups excluding carboxylic acids is 1. The van der Waals surface area contributed by atoms with Gasteiger partial charge in [0.15, 0.2) is 0 Å². The van der Waals surface area contributed by atoms with Crippen molar-refractivity contribution >= 4 is 15.9 Å². The predicted octanol–water partition coefficient (Wildman–Crippen LogP) is 1.45. The summed E-state index contributed by atoms with van der Waals surface area (Å²) >= 11 is 0. The molecule has 1 atom stereocenters. The van der Waals surface area contributed by atoms with E-state index in [1.165, 1.54) is 24.3 Å². The zero-order chi connectivity index (χ0) is 14.6. The molecule has 1 aromatic carbocycles. The van der Waals surface area contributed by atoms with Gasteiger partial charge in [0, 0.05) is 19.2 Å². The van der Waals surface area contributed by atoms with E-state index in [-0.39, 0.29) is 10.8 Å². The number of carbonyl (C=O) groups is 1. The maximum atomic E-state index is 12.1. The second-order valence-electron chi connectivity index (χ2n) is 4.77. The van der Waals surface area contributed by atoms with Gasteiger partial charge in [-0.25, -0.2) is 13.6 Å². The van der Waals surface area contributed by atoms with Crippen molar-refractivity contribution in [1.29, 1.82) is 0 Å². The SMILES string of the molecule is CCC(C)CN(C)C(=O)c1ccc(S(N)(=O)=O)cc1. The van der Waals surface area contributed by atoms with E-state index < -0.39 is 10.0 Å². The summed E-state index contributed by atoms with van der Waals surface area (Å²) < 4.78 is 22.2. The quantitative estimate of drug-likeness (QED) is 0.888. The lowest BCUT2D eigenvalue weighted by Crippen LogP contribution is -2.30. The lowest BCUT2D eigenvalue weighted by atomic mass is 10.1. The minimum Gasteiger partial charge on any atom is -0.341 e. The highest BCUT2D eigenvalue weighted by molar-refractivity contribution is 7.89. The van der Waals surface area contributed by atoms with E-state index in [1.54, 1.807) is 11.9 Å². The maximum Gasteiger partial charge on any atom is 0.253 e. The van der Waals surface area contributed by atoms with E-state index in [0.29, 0.717) is 18.0 Å². The second kappa shape index (κ2) is 6.16. The Kier molecular flexibility index (Phi) is 5.08. The van der Waals surface area contributed by atoms with Gasteiger partial charge in [-0.2, -0.15) is 0 Å². The van der Waals surface area contributed by atoms with Crippen molar-refractivity contribution in [1.82, 2.24) is 4.90 Å². The average molecular weight is 284 g/mol. The van der Waals surface area contributed by atoms with Crippen LogP contribution in [0.1, 0.15) is 30.6 Å². The average Bonchev–Trinajstić information content (AvgIpc) is 2.36. The van der Waals surface area contributed by atoms with E-state index in [0.717, 1.165) is 6.42 Å². The molecule has 0 fully saturated rings. The Balaban J connectivity index is 2.84. The molecule has 0 bridgehead atoms. The van der Waals surface area contributed by atoms with Crippen LogP contribution in [-0.2, 0) is 10.0 Å². The van der Waals surface area contributed by atoms with Crippen molar-refractivity contribution in [3.63, 3.8) is 0 Å².